The zero-order chi connectivity index (χ0) is 13.9. The van der Waals surface area contributed by atoms with E-state index in [9.17, 15) is 9.59 Å². The summed E-state index contributed by atoms with van der Waals surface area (Å²) in [4.78, 5) is 26.5. The molecule has 0 heterocycles. The van der Waals surface area contributed by atoms with Crippen LogP contribution in [0.3, 0.4) is 0 Å². The van der Waals surface area contributed by atoms with Crippen LogP contribution >= 0.6 is 0 Å². The van der Waals surface area contributed by atoms with Gasteiger partial charge in [0.2, 0.25) is 0 Å². The zero-order valence-electron chi connectivity index (χ0n) is 11.1. The standard InChI is InChI=1S/C15H21NO3/c16-19-15(18)11-7-2-1-6-10-14(17)12-13-8-4-3-5-9-13/h3-5,8-9H,1-2,6-7,10-12,16H2. The first-order chi connectivity index (χ1) is 9.22. The van der Waals surface area contributed by atoms with Gasteiger partial charge in [0.15, 0.2) is 0 Å². The Balaban J connectivity index is 2.03. The Morgan fingerprint density at radius 2 is 1.58 bits per heavy atom. The van der Waals surface area contributed by atoms with Gasteiger partial charge in [0.25, 0.3) is 0 Å². The quantitative estimate of drug-likeness (QED) is 0.549. The Hall–Kier alpha value is -1.68. The van der Waals surface area contributed by atoms with Crippen molar-refractivity contribution in [1.29, 1.82) is 0 Å². The molecule has 1 aromatic carbocycles. The molecular formula is C15H21NO3. The summed E-state index contributed by atoms with van der Waals surface area (Å²) >= 11 is 0. The molecule has 2 N–H and O–H groups in total. The second-order valence-corrected chi connectivity index (χ2v) is 4.61. The topological polar surface area (TPSA) is 69.4 Å². The Morgan fingerprint density at radius 3 is 2.21 bits per heavy atom. The highest BCUT2D eigenvalue weighted by atomic mass is 16.7. The van der Waals surface area contributed by atoms with Crippen molar-refractivity contribution in [3.05, 3.63) is 35.9 Å². The normalized spacial score (nSPS) is 10.2. The van der Waals surface area contributed by atoms with Gasteiger partial charge in [-0.1, -0.05) is 43.2 Å². The molecule has 0 aliphatic carbocycles. The van der Waals surface area contributed by atoms with E-state index in [1.165, 1.54) is 0 Å². The van der Waals surface area contributed by atoms with Crippen LogP contribution in [0.4, 0.5) is 0 Å². The Kier molecular flexibility index (Phi) is 7.51. The molecule has 1 rings (SSSR count). The molecular weight excluding hydrogens is 242 g/mol. The number of benzene rings is 1. The van der Waals surface area contributed by atoms with Crippen LogP contribution < -0.4 is 5.90 Å². The van der Waals surface area contributed by atoms with E-state index in [0.29, 0.717) is 19.3 Å². The summed E-state index contributed by atoms with van der Waals surface area (Å²) < 4.78 is 0. The van der Waals surface area contributed by atoms with Gasteiger partial charge in [-0.3, -0.25) is 9.59 Å². The van der Waals surface area contributed by atoms with Gasteiger partial charge in [-0.2, -0.15) is 5.90 Å². The maximum atomic E-state index is 11.7. The van der Waals surface area contributed by atoms with Crippen molar-refractivity contribution < 1.29 is 14.4 Å². The van der Waals surface area contributed by atoms with Crippen LogP contribution in [0.2, 0.25) is 0 Å². The number of nitrogens with two attached hydrogens (primary N) is 1. The average molecular weight is 263 g/mol. The van der Waals surface area contributed by atoms with Crippen molar-refractivity contribution in [3.63, 3.8) is 0 Å². The van der Waals surface area contributed by atoms with Gasteiger partial charge in [-0.05, 0) is 18.4 Å². The third-order valence-corrected chi connectivity index (χ3v) is 2.96. The number of unbranched alkanes of at least 4 members (excludes halogenated alkanes) is 3. The smallest absolute Gasteiger partial charge is 0.324 e. The summed E-state index contributed by atoms with van der Waals surface area (Å²) in [5.41, 5.74) is 1.07. The van der Waals surface area contributed by atoms with Crippen molar-refractivity contribution in [1.82, 2.24) is 0 Å². The van der Waals surface area contributed by atoms with Gasteiger partial charge in [0.05, 0.1) is 0 Å². The fourth-order valence-electron chi connectivity index (χ4n) is 1.92. The molecule has 0 aliphatic heterocycles. The van der Waals surface area contributed by atoms with E-state index < -0.39 is 0 Å². The van der Waals surface area contributed by atoms with Gasteiger partial charge in [0, 0.05) is 19.3 Å². The van der Waals surface area contributed by atoms with E-state index in [4.69, 9.17) is 5.90 Å². The molecule has 0 saturated carbocycles. The third-order valence-electron chi connectivity index (χ3n) is 2.96. The number of rotatable bonds is 9. The van der Waals surface area contributed by atoms with E-state index in [-0.39, 0.29) is 11.8 Å². The van der Waals surface area contributed by atoms with Gasteiger partial charge in [0.1, 0.15) is 5.78 Å². The molecule has 0 fully saturated rings. The van der Waals surface area contributed by atoms with Crippen LogP contribution in [0, 0.1) is 0 Å². The molecule has 0 aromatic heterocycles. The van der Waals surface area contributed by atoms with E-state index in [0.717, 1.165) is 31.2 Å². The average Bonchev–Trinajstić information content (AvgIpc) is 2.43. The van der Waals surface area contributed by atoms with Crippen molar-refractivity contribution in [2.45, 2.75) is 44.9 Å². The number of ketones is 1. The SMILES string of the molecule is NOC(=O)CCCCCCC(=O)Cc1ccccc1. The molecule has 104 valence electrons. The van der Waals surface area contributed by atoms with E-state index in [1.807, 2.05) is 30.3 Å². The minimum Gasteiger partial charge on any atom is -0.373 e. The predicted molar refractivity (Wildman–Crippen MR) is 73.1 cm³/mol. The Morgan fingerprint density at radius 1 is 0.947 bits per heavy atom. The lowest BCUT2D eigenvalue weighted by molar-refractivity contribution is -0.144. The van der Waals surface area contributed by atoms with Crippen LogP contribution in [-0.4, -0.2) is 11.8 Å². The number of carbonyl (C=O) groups excluding carboxylic acids is 2. The Labute approximate surface area is 113 Å². The second-order valence-electron chi connectivity index (χ2n) is 4.61. The second kappa shape index (κ2) is 9.28. The number of hydrogen-bond acceptors (Lipinski definition) is 4. The van der Waals surface area contributed by atoms with Crippen molar-refractivity contribution >= 4 is 11.8 Å². The third kappa shape index (κ3) is 7.36. The molecule has 0 bridgehead atoms. The molecule has 4 heteroatoms. The predicted octanol–water partition coefficient (Wildman–Crippen LogP) is 2.56. The highest BCUT2D eigenvalue weighted by molar-refractivity contribution is 5.80. The summed E-state index contributed by atoms with van der Waals surface area (Å²) in [7, 11) is 0. The van der Waals surface area contributed by atoms with Gasteiger partial charge < -0.3 is 4.84 Å². The highest BCUT2D eigenvalue weighted by Crippen LogP contribution is 2.08. The van der Waals surface area contributed by atoms with Crippen LogP contribution in [0.1, 0.15) is 44.1 Å². The number of Topliss-reactive ketones (excluding diaryl/α,β-unsaturated/α-hetero) is 1. The first-order valence-corrected chi connectivity index (χ1v) is 6.67. The lowest BCUT2D eigenvalue weighted by atomic mass is 10.0. The van der Waals surface area contributed by atoms with E-state index in [1.54, 1.807) is 0 Å². The minimum absolute atomic E-state index is 0.271. The molecule has 0 saturated heterocycles. The summed E-state index contributed by atoms with van der Waals surface area (Å²) in [5, 5.41) is 0. The summed E-state index contributed by atoms with van der Waals surface area (Å²) in [5.74, 6) is 4.63. The molecule has 0 atom stereocenters. The lowest BCUT2D eigenvalue weighted by Gasteiger charge is -2.02. The fraction of sp³-hybridized carbons (Fsp3) is 0.467. The molecule has 4 nitrogen and oxygen atoms in total. The van der Waals surface area contributed by atoms with Gasteiger partial charge in [-0.15, -0.1) is 0 Å². The van der Waals surface area contributed by atoms with Crippen molar-refractivity contribution in [3.8, 4) is 0 Å². The van der Waals surface area contributed by atoms with Crippen LogP contribution in [0.15, 0.2) is 30.3 Å². The van der Waals surface area contributed by atoms with E-state index >= 15 is 0 Å². The molecule has 19 heavy (non-hydrogen) atoms. The molecule has 0 amide bonds. The summed E-state index contributed by atoms with van der Waals surface area (Å²) in [6.07, 6.45) is 5.00. The van der Waals surface area contributed by atoms with E-state index in [2.05, 4.69) is 4.84 Å². The zero-order valence-corrected chi connectivity index (χ0v) is 11.1. The molecule has 0 spiro atoms. The highest BCUT2D eigenvalue weighted by Gasteiger charge is 2.04. The monoisotopic (exact) mass is 263 g/mol. The van der Waals surface area contributed by atoms with Crippen LogP contribution in [-0.2, 0) is 20.8 Å². The molecule has 0 radical (unpaired) electrons. The number of carbonyl (C=O) groups is 2. The molecule has 1 aromatic rings. The summed E-state index contributed by atoms with van der Waals surface area (Å²) in [6, 6.07) is 9.77. The first kappa shape index (κ1) is 15.4. The minimum atomic E-state index is -0.375. The fourth-order valence-corrected chi connectivity index (χ4v) is 1.92. The van der Waals surface area contributed by atoms with Crippen molar-refractivity contribution in [2.24, 2.45) is 5.90 Å². The molecule has 0 unspecified atom stereocenters. The van der Waals surface area contributed by atoms with Crippen LogP contribution in [0.25, 0.3) is 0 Å². The van der Waals surface area contributed by atoms with Gasteiger partial charge in [-0.25, -0.2) is 0 Å². The van der Waals surface area contributed by atoms with Gasteiger partial charge >= 0.3 is 5.97 Å². The van der Waals surface area contributed by atoms with Crippen molar-refractivity contribution in [2.75, 3.05) is 0 Å². The maximum Gasteiger partial charge on any atom is 0.324 e. The largest absolute Gasteiger partial charge is 0.373 e. The maximum absolute atomic E-state index is 11.7. The molecule has 0 aliphatic rings. The lowest BCUT2D eigenvalue weighted by Crippen LogP contribution is -2.09. The van der Waals surface area contributed by atoms with Crippen LogP contribution in [0.5, 0.6) is 0 Å². The summed E-state index contributed by atoms with van der Waals surface area (Å²) in [6.45, 7) is 0. The number of hydrogen-bond donors (Lipinski definition) is 1. The Bertz CT molecular complexity index is 390. The first-order valence-electron chi connectivity index (χ1n) is 6.67.